The highest BCUT2D eigenvalue weighted by molar-refractivity contribution is 5.97. The van der Waals surface area contributed by atoms with Crippen molar-refractivity contribution in [1.82, 2.24) is 14.5 Å². The van der Waals surface area contributed by atoms with Crippen LogP contribution in [-0.2, 0) is 39.5 Å². The molecule has 2 aliphatic rings. The van der Waals surface area contributed by atoms with Crippen molar-refractivity contribution in [3.05, 3.63) is 153 Å². The zero-order valence-electron chi connectivity index (χ0n) is 40.5. The first-order valence-corrected chi connectivity index (χ1v) is 22.6. The number of halogens is 2. The molecule has 0 atom stereocenters. The van der Waals surface area contributed by atoms with Crippen molar-refractivity contribution in [2.45, 2.75) is 136 Å². The average molecular weight is 857 g/mol. The molecule has 330 valence electrons. The molecule has 1 spiro atoms. The van der Waals surface area contributed by atoms with Crippen LogP contribution >= 0.6 is 0 Å². The predicted molar refractivity (Wildman–Crippen MR) is 255 cm³/mol. The van der Waals surface area contributed by atoms with E-state index in [-0.39, 0.29) is 38.4 Å². The molecule has 64 heavy (non-hydrogen) atoms. The van der Waals surface area contributed by atoms with Crippen molar-refractivity contribution in [3.63, 3.8) is 0 Å². The number of hydrogen-bond acceptors (Lipinski definition) is 3. The predicted octanol–water partition coefficient (Wildman–Crippen LogP) is 13.9. The molecule has 0 unspecified atom stereocenters. The number of aryl methyl sites for hydroxylation is 1. The van der Waals surface area contributed by atoms with Crippen molar-refractivity contribution in [2.24, 2.45) is 7.05 Å². The van der Waals surface area contributed by atoms with Crippen LogP contribution in [0.3, 0.4) is 0 Å². The molecule has 1 aliphatic heterocycles. The highest BCUT2D eigenvalue weighted by Crippen LogP contribution is 2.65. The van der Waals surface area contributed by atoms with Gasteiger partial charge >= 0.3 is 0 Å². The Kier molecular flexibility index (Phi) is 9.46. The van der Waals surface area contributed by atoms with E-state index < -0.39 is 17.3 Å². The van der Waals surface area contributed by atoms with Gasteiger partial charge < -0.3 is 13.9 Å². The van der Waals surface area contributed by atoms with Crippen LogP contribution in [-0.4, -0.2) is 14.5 Å². The third-order valence-corrected chi connectivity index (χ3v) is 13.6. The molecular formula is C57H62F2N4O. The summed E-state index contributed by atoms with van der Waals surface area (Å²) in [6, 6.07) is 27.7. The molecule has 0 N–H and O–H groups in total. The van der Waals surface area contributed by atoms with Crippen molar-refractivity contribution < 1.29 is 18.1 Å². The van der Waals surface area contributed by atoms with Gasteiger partial charge in [0.2, 0.25) is 12.3 Å². The third kappa shape index (κ3) is 6.62. The molecule has 0 radical (unpaired) electrons. The fraction of sp³-hybridized carbons (Fsp3) is 0.386. The number of hydrogen-bond donors (Lipinski definition) is 0. The van der Waals surface area contributed by atoms with Gasteiger partial charge in [0.15, 0.2) is 5.75 Å². The molecule has 0 saturated carbocycles. The molecule has 0 amide bonds. The minimum absolute atomic E-state index is 0.0636. The van der Waals surface area contributed by atoms with Gasteiger partial charge in [-0.1, -0.05) is 152 Å². The molecule has 0 fully saturated rings. The number of benzene rings is 4. The van der Waals surface area contributed by atoms with Crippen molar-refractivity contribution in [1.29, 1.82) is 0 Å². The Bertz CT molecular complexity index is 3000. The normalized spacial score (nSPS) is 14.5. The van der Waals surface area contributed by atoms with E-state index in [4.69, 9.17) is 4.74 Å². The quantitative estimate of drug-likeness (QED) is 0.101. The molecule has 7 heteroatoms. The molecule has 9 rings (SSSR count). The molecular weight excluding hydrogens is 795 g/mol. The minimum Gasteiger partial charge on any atom is -0.453 e. The monoisotopic (exact) mass is 856 g/mol. The second-order valence-electron chi connectivity index (χ2n) is 23.4. The molecule has 3 aromatic heterocycles. The van der Waals surface area contributed by atoms with Gasteiger partial charge in [-0.25, -0.2) is 0 Å². The number of pyridine rings is 2. The summed E-state index contributed by atoms with van der Waals surface area (Å²) in [5.41, 5.74) is 15.3. The first-order valence-electron chi connectivity index (χ1n) is 22.6. The van der Waals surface area contributed by atoms with E-state index in [0.717, 1.165) is 27.8 Å². The summed E-state index contributed by atoms with van der Waals surface area (Å²) in [6.45, 7) is 34.1. The van der Waals surface area contributed by atoms with Crippen molar-refractivity contribution in [3.8, 4) is 39.6 Å². The Hall–Kier alpha value is -5.69. The highest BCUT2D eigenvalue weighted by atomic mass is 19.1. The maximum absolute atomic E-state index is 15.8. The van der Waals surface area contributed by atoms with Gasteiger partial charge in [0.25, 0.3) is 5.95 Å². The second kappa shape index (κ2) is 13.9. The van der Waals surface area contributed by atoms with Crippen LogP contribution < -0.4 is 9.30 Å². The van der Waals surface area contributed by atoms with E-state index in [1.165, 1.54) is 56.1 Å². The number of aromatic nitrogens is 4. The van der Waals surface area contributed by atoms with Gasteiger partial charge in [0, 0.05) is 6.20 Å². The molecule has 5 nitrogen and oxygen atoms in total. The van der Waals surface area contributed by atoms with Gasteiger partial charge in [0.05, 0.1) is 40.4 Å². The Morgan fingerprint density at radius 1 is 0.594 bits per heavy atom. The highest BCUT2D eigenvalue weighted by Gasteiger charge is 2.54. The van der Waals surface area contributed by atoms with Gasteiger partial charge in [-0.3, -0.25) is 4.98 Å². The maximum atomic E-state index is 15.8. The van der Waals surface area contributed by atoms with Crippen molar-refractivity contribution >= 4 is 11.0 Å². The van der Waals surface area contributed by atoms with Gasteiger partial charge in [0.1, 0.15) is 5.75 Å². The zero-order valence-corrected chi connectivity index (χ0v) is 40.5. The maximum Gasteiger partial charge on any atom is 0.258 e. The molecule has 0 saturated heterocycles. The fourth-order valence-electron chi connectivity index (χ4n) is 10.1. The van der Waals surface area contributed by atoms with E-state index in [0.29, 0.717) is 11.4 Å². The van der Waals surface area contributed by atoms with Crippen LogP contribution in [0.25, 0.3) is 39.1 Å². The standard InChI is InChI=1S/C57H62F2N4O/c1-52(2,3)32-22-23-60-43(28-32)38-30-46(51(59)61-50(38)58)64-35-20-21-39-45(29-35)63-31-62(16)44-19-17-18-40(49(44)63)57(39)47-36(24-33(53(4,5)6)26-41(47)55(10,11)12)37-25-34(54(7,8)9)27-42(48(37)57)56(13,14)15/h17-30H,1-16H3. The average Bonchev–Trinajstić information content (AvgIpc) is 3.68. The lowest BCUT2D eigenvalue weighted by molar-refractivity contribution is -0.649. The van der Waals surface area contributed by atoms with E-state index in [1.807, 2.05) is 31.3 Å². The van der Waals surface area contributed by atoms with E-state index in [1.54, 1.807) is 6.20 Å². The number of ether oxygens (including phenoxy) is 1. The Morgan fingerprint density at radius 3 is 1.72 bits per heavy atom. The molecule has 0 bridgehead atoms. The van der Waals surface area contributed by atoms with Crippen LogP contribution in [0, 0.1) is 18.2 Å². The summed E-state index contributed by atoms with van der Waals surface area (Å²) in [6.07, 6.45) is 5.29. The third-order valence-electron chi connectivity index (χ3n) is 13.6. The summed E-state index contributed by atoms with van der Waals surface area (Å²) in [5.74, 6) is -1.79. The first-order chi connectivity index (χ1) is 29.6. The van der Waals surface area contributed by atoms with E-state index in [2.05, 4.69) is 178 Å². The number of rotatable bonds is 3. The number of fused-ring (bicyclic) bond motifs is 9. The van der Waals surface area contributed by atoms with E-state index >= 15 is 8.78 Å². The zero-order chi connectivity index (χ0) is 46.4. The summed E-state index contributed by atoms with van der Waals surface area (Å²) in [5, 5.41) is 0. The molecule has 7 aromatic rings. The molecule has 4 aromatic carbocycles. The first kappa shape index (κ1) is 43.6. The summed E-state index contributed by atoms with van der Waals surface area (Å²) in [7, 11) is 2.04. The van der Waals surface area contributed by atoms with E-state index in [9.17, 15) is 0 Å². The van der Waals surface area contributed by atoms with Gasteiger partial charge in [-0.05, 0) is 119 Å². The van der Waals surface area contributed by atoms with Crippen LogP contribution in [0.4, 0.5) is 8.78 Å². The van der Waals surface area contributed by atoms with Gasteiger partial charge in [-0.2, -0.15) is 13.8 Å². The molecule has 4 heterocycles. The van der Waals surface area contributed by atoms with Crippen molar-refractivity contribution in [2.75, 3.05) is 0 Å². The number of nitrogens with zero attached hydrogens (tertiary/aromatic N) is 4. The summed E-state index contributed by atoms with van der Waals surface area (Å²) < 4.78 is 42.0. The lowest BCUT2D eigenvalue weighted by atomic mass is 9.60. The number of imidazole rings is 1. The summed E-state index contributed by atoms with van der Waals surface area (Å²) >= 11 is 0. The largest absolute Gasteiger partial charge is 0.453 e. The van der Waals surface area contributed by atoms with Crippen LogP contribution in [0.5, 0.6) is 11.5 Å². The lowest BCUT2D eigenvalue weighted by Gasteiger charge is -2.45. The van der Waals surface area contributed by atoms with Crippen LogP contribution in [0.2, 0.25) is 0 Å². The molecule has 1 aliphatic carbocycles. The Labute approximate surface area is 378 Å². The fourth-order valence-corrected chi connectivity index (χ4v) is 10.1. The second-order valence-corrected chi connectivity index (χ2v) is 23.4. The number of para-hydroxylation sites is 1. The van der Waals surface area contributed by atoms with Gasteiger partial charge in [-0.15, -0.1) is 0 Å². The summed E-state index contributed by atoms with van der Waals surface area (Å²) in [4.78, 5) is 8.16. The Balaban J connectivity index is 1.38. The van der Waals surface area contributed by atoms with Crippen LogP contribution in [0.15, 0.2) is 85.1 Å². The lowest BCUT2D eigenvalue weighted by Crippen LogP contribution is -2.38. The SMILES string of the molecule is C[n+]1[c-]n2c3c(cccc31)C1(c3ccc(Oc4cc(-c5cc(C(C)(C)C)ccn5)c(F)nc4F)cc3-2)c2c(cc(C(C)(C)C)cc2C(C)(C)C)-c2cc(C(C)(C)C)cc(C(C)(C)C)c21. The minimum atomic E-state index is -1.04. The Morgan fingerprint density at radius 2 is 1.17 bits per heavy atom. The van der Waals surface area contributed by atoms with Crippen LogP contribution in [0.1, 0.15) is 154 Å². The smallest absolute Gasteiger partial charge is 0.258 e. The topological polar surface area (TPSA) is 43.8 Å².